The molecule has 1 aliphatic heterocycles. The highest BCUT2D eigenvalue weighted by atomic mass is 16.1. The molecule has 2 N–H and O–H groups in total. The van der Waals surface area contributed by atoms with Gasteiger partial charge >= 0.3 is 0 Å². The first-order valence-corrected chi connectivity index (χ1v) is 6.04. The van der Waals surface area contributed by atoms with Crippen molar-refractivity contribution in [3.63, 3.8) is 0 Å². The molecule has 0 aromatic carbocycles. The molecule has 0 saturated carbocycles. The van der Waals surface area contributed by atoms with Gasteiger partial charge < -0.3 is 5.32 Å². The zero-order valence-corrected chi connectivity index (χ0v) is 9.86. The number of hydrogen-bond donors (Lipinski definition) is 2. The SMILES string of the molecule is Cc1cc2nc(C3CCCNC3)cc(=O)n2[nH]1. The summed E-state index contributed by atoms with van der Waals surface area (Å²) in [6.07, 6.45) is 2.26. The Morgan fingerprint density at radius 2 is 2.35 bits per heavy atom. The van der Waals surface area contributed by atoms with Crippen LogP contribution in [0.4, 0.5) is 0 Å². The number of H-pyrrole nitrogens is 1. The number of nitrogens with one attached hydrogen (secondary N) is 2. The zero-order chi connectivity index (χ0) is 11.8. The minimum atomic E-state index is -0.0244. The van der Waals surface area contributed by atoms with Gasteiger partial charge in [0.1, 0.15) is 0 Å². The number of piperidine rings is 1. The second-order valence-electron chi connectivity index (χ2n) is 4.70. The third-order valence-corrected chi connectivity index (χ3v) is 3.31. The largest absolute Gasteiger partial charge is 0.316 e. The van der Waals surface area contributed by atoms with E-state index < -0.39 is 0 Å². The maximum absolute atomic E-state index is 11.9. The second kappa shape index (κ2) is 4.00. The normalized spacial score (nSPS) is 20.9. The van der Waals surface area contributed by atoms with Crippen molar-refractivity contribution < 1.29 is 0 Å². The molecule has 1 fully saturated rings. The lowest BCUT2D eigenvalue weighted by Crippen LogP contribution is -2.30. The van der Waals surface area contributed by atoms with Crippen LogP contribution in [0.2, 0.25) is 0 Å². The van der Waals surface area contributed by atoms with E-state index in [1.807, 2.05) is 13.0 Å². The highest BCUT2D eigenvalue weighted by molar-refractivity contribution is 5.39. The van der Waals surface area contributed by atoms with Crippen molar-refractivity contribution in [3.8, 4) is 0 Å². The van der Waals surface area contributed by atoms with E-state index in [0.29, 0.717) is 5.92 Å². The first kappa shape index (κ1) is 10.5. The summed E-state index contributed by atoms with van der Waals surface area (Å²) >= 11 is 0. The van der Waals surface area contributed by atoms with Crippen molar-refractivity contribution in [2.75, 3.05) is 13.1 Å². The number of rotatable bonds is 1. The van der Waals surface area contributed by atoms with Crippen molar-refractivity contribution >= 4 is 5.65 Å². The van der Waals surface area contributed by atoms with Gasteiger partial charge in [-0.1, -0.05) is 0 Å². The highest BCUT2D eigenvalue weighted by Crippen LogP contribution is 2.20. The maximum Gasteiger partial charge on any atom is 0.272 e. The Kier molecular flexibility index (Phi) is 2.48. The quantitative estimate of drug-likeness (QED) is 0.764. The molecular weight excluding hydrogens is 216 g/mol. The molecule has 1 aliphatic rings. The van der Waals surface area contributed by atoms with Crippen LogP contribution in [0.3, 0.4) is 0 Å². The molecule has 5 nitrogen and oxygen atoms in total. The molecule has 0 spiro atoms. The van der Waals surface area contributed by atoms with Crippen LogP contribution in [0.1, 0.15) is 30.1 Å². The zero-order valence-electron chi connectivity index (χ0n) is 9.86. The molecule has 0 aliphatic carbocycles. The topological polar surface area (TPSA) is 62.2 Å². The van der Waals surface area contributed by atoms with Crippen LogP contribution in [-0.2, 0) is 0 Å². The van der Waals surface area contributed by atoms with Gasteiger partial charge in [0.25, 0.3) is 5.56 Å². The molecule has 1 saturated heterocycles. The first-order chi connectivity index (χ1) is 8.24. The van der Waals surface area contributed by atoms with Crippen LogP contribution in [0.25, 0.3) is 5.65 Å². The number of hydrogen-bond acceptors (Lipinski definition) is 3. The molecule has 3 heterocycles. The van der Waals surface area contributed by atoms with Crippen molar-refractivity contribution in [2.45, 2.75) is 25.7 Å². The Bertz CT molecular complexity index is 592. The fraction of sp³-hybridized carbons (Fsp3) is 0.500. The number of aryl methyl sites for hydroxylation is 1. The Hall–Kier alpha value is -1.62. The summed E-state index contributed by atoms with van der Waals surface area (Å²) in [4.78, 5) is 16.5. The van der Waals surface area contributed by atoms with E-state index in [1.54, 1.807) is 6.07 Å². The molecule has 0 radical (unpaired) electrons. The minimum absolute atomic E-state index is 0.0244. The van der Waals surface area contributed by atoms with E-state index >= 15 is 0 Å². The monoisotopic (exact) mass is 232 g/mol. The summed E-state index contributed by atoms with van der Waals surface area (Å²) in [6.45, 7) is 3.92. The van der Waals surface area contributed by atoms with Crippen molar-refractivity contribution in [3.05, 3.63) is 33.9 Å². The third-order valence-electron chi connectivity index (χ3n) is 3.31. The second-order valence-corrected chi connectivity index (χ2v) is 4.70. The van der Waals surface area contributed by atoms with Crippen LogP contribution in [-0.4, -0.2) is 27.7 Å². The Labute approximate surface area is 98.9 Å². The number of aromatic amines is 1. The van der Waals surface area contributed by atoms with Crippen molar-refractivity contribution in [1.29, 1.82) is 0 Å². The third kappa shape index (κ3) is 1.86. The van der Waals surface area contributed by atoms with Crippen LogP contribution >= 0.6 is 0 Å². The predicted octanol–water partition coefficient (Wildman–Crippen LogP) is 0.798. The lowest BCUT2D eigenvalue weighted by atomic mass is 9.96. The molecule has 2 aromatic heterocycles. The van der Waals surface area contributed by atoms with Crippen molar-refractivity contribution in [2.24, 2.45) is 0 Å². The lowest BCUT2D eigenvalue weighted by Gasteiger charge is -2.21. The molecule has 0 amide bonds. The smallest absolute Gasteiger partial charge is 0.272 e. The Balaban J connectivity index is 2.08. The van der Waals surface area contributed by atoms with Crippen LogP contribution in [0.5, 0.6) is 0 Å². The molecule has 17 heavy (non-hydrogen) atoms. The molecule has 2 aromatic rings. The standard InChI is InChI=1S/C12H16N4O/c1-8-5-11-14-10(6-12(17)16(11)15-8)9-3-2-4-13-7-9/h5-6,9,13,15H,2-4,7H2,1H3. The lowest BCUT2D eigenvalue weighted by molar-refractivity contribution is 0.454. The van der Waals surface area contributed by atoms with Gasteiger partial charge in [0.05, 0.1) is 5.69 Å². The van der Waals surface area contributed by atoms with E-state index in [4.69, 9.17) is 0 Å². The highest BCUT2D eigenvalue weighted by Gasteiger charge is 2.18. The van der Waals surface area contributed by atoms with E-state index in [2.05, 4.69) is 15.4 Å². The fourth-order valence-electron chi connectivity index (χ4n) is 2.44. The molecule has 5 heteroatoms. The summed E-state index contributed by atoms with van der Waals surface area (Å²) in [6, 6.07) is 3.56. The molecule has 0 bridgehead atoms. The minimum Gasteiger partial charge on any atom is -0.316 e. The van der Waals surface area contributed by atoms with Crippen LogP contribution in [0, 0.1) is 6.92 Å². The molecule has 90 valence electrons. The van der Waals surface area contributed by atoms with Gasteiger partial charge in [0, 0.05) is 30.3 Å². The Morgan fingerprint density at radius 1 is 1.47 bits per heavy atom. The van der Waals surface area contributed by atoms with Crippen molar-refractivity contribution in [1.82, 2.24) is 19.9 Å². The summed E-state index contributed by atoms with van der Waals surface area (Å²) in [5.41, 5.74) is 2.56. The van der Waals surface area contributed by atoms with Crippen LogP contribution < -0.4 is 10.9 Å². The van der Waals surface area contributed by atoms with Crippen LogP contribution in [0.15, 0.2) is 16.9 Å². The van der Waals surface area contributed by atoms with E-state index in [1.165, 1.54) is 4.52 Å². The maximum atomic E-state index is 11.9. The average Bonchev–Trinajstić information content (AvgIpc) is 2.71. The fourth-order valence-corrected chi connectivity index (χ4v) is 2.44. The molecular formula is C12H16N4O. The van der Waals surface area contributed by atoms with Gasteiger partial charge in [-0.05, 0) is 26.3 Å². The van der Waals surface area contributed by atoms with Gasteiger partial charge in [-0.15, -0.1) is 0 Å². The van der Waals surface area contributed by atoms with E-state index in [9.17, 15) is 4.79 Å². The Morgan fingerprint density at radius 3 is 3.12 bits per heavy atom. The van der Waals surface area contributed by atoms with Gasteiger partial charge in [-0.3, -0.25) is 9.89 Å². The summed E-state index contributed by atoms with van der Waals surface area (Å²) < 4.78 is 1.50. The van der Waals surface area contributed by atoms with Gasteiger partial charge in [0.2, 0.25) is 0 Å². The number of aromatic nitrogens is 3. The molecule has 3 rings (SSSR count). The van der Waals surface area contributed by atoms with E-state index in [0.717, 1.165) is 43.0 Å². The summed E-state index contributed by atoms with van der Waals surface area (Å²) in [7, 11) is 0. The molecule has 1 unspecified atom stereocenters. The summed E-state index contributed by atoms with van der Waals surface area (Å²) in [5.74, 6) is 0.372. The van der Waals surface area contributed by atoms with E-state index in [-0.39, 0.29) is 5.56 Å². The predicted molar refractivity (Wildman–Crippen MR) is 65.4 cm³/mol. The van der Waals surface area contributed by atoms with Gasteiger partial charge in [-0.2, -0.15) is 0 Å². The molecule has 1 atom stereocenters. The first-order valence-electron chi connectivity index (χ1n) is 6.04. The average molecular weight is 232 g/mol. The number of nitrogens with zero attached hydrogens (tertiary/aromatic N) is 2. The van der Waals surface area contributed by atoms with Gasteiger partial charge in [-0.25, -0.2) is 9.50 Å². The number of fused-ring (bicyclic) bond motifs is 1. The summed E-state index contributed by atoms with van der Waals surface area (Å²) in [5, 5.41) is 6.33. The van der Waals surface area contributed by atoms with Gasteiger partial charge in [0.15, 0.2) is 5.65 Å².